The van der Waals surface area contributed by atoms with Gasteiger partial charge in [0.2, 0.25) is 0 Å². The molecule has 1 unspecified atom stereocenters. The number of likely N-dealkylation sites (N-methyl/N-ethyl adjacent to an activating group) is 1. The van der Waals surface area contributed by atoms with Crippen LogP contribution in [-0.2, 0) is 0 Å². The molecular weight excluding hydrogens is 262 g/mol. The average Bonchev–Trinajstić information content (AvgIpc) is 2.54. The molecule has 3 heteroatoms. The Labute approximate surface area is 127 Å². The lowest BCUT2D eigenvalue weighted by molar-refractivity contribution is 0.0334. The predicted octanol–water partition coefficient (Wildman–Crippen LogP) is 3.81. The molecule has 0 spiro atoms. The molecule has 2 aromatic rings. The van der Waals surface area contributed by atoms with E-state index >= 15 is 0 Å². The third-order valence-electron chi connectivity index (χ3n) is 3.31. The van der Waals surface area contributed by atoms with Crippen molar-refractivity contribution in [2.24, 2.45) is 0 Å². The van der Waals surface area contributed by atoms with E-state index in [9.17, 15) is 0 Å². The highest BCUT2D eigenvalue weighted by Gasteiger charge is 2.14. The molecule has 2 rings (SSSR count). The maximum absolute atomic E-state index is 6.00. The van der Waals surface area contributed by atoms with E-state index in [0.29, 0.717) is 6.61 Å². The molecule has 0 aliphatic carbocycles. The Bertz CT molecular complexity index is 501. The third-order valence-corrected chi connectivity index (χ3v) is 3.31. The topological polar surface area (TPSA) is 21.7 Å². The molecule has 0 aliphatic rings. The molecule has 0 bridgehead atoms. The largest absolute Gasteiger partial charge is 0.492 e. The van der Waals surface area contributed by atoms with Crippen LogP contribution in [0, 0.1) is 0 Å². The minimum Gasteiger partial charge on any atom is -0.492 e. The molecule has 2 aromatic carbocycles. The third kappa shape index (κ3) is 5.12. The summed E-state index contributed by atoms with van der Waals surface area (Å²) in [6.45, 7) is 3.59. The molecule has 112 valence electrons. The zero-order valence-electron chi connectivity index (χ0n) is 12.7. The Kier molecular flexibility index (Phi) is 6.10. The fourth-order valence-corrected chi connectivity index (χ4v) is 2.11. The van der Waals surface area contributed by atoms with Crippen LogP contribution in [0.25, 0.3) is 0 Å². The van der Waals surface area contributed by atoms with Crippen LogP contribution in [0.1, 0.15) is 13.3 Å². The van der Waals surface area contributed by atoms with E-state index in [1.807, 2.05) is 60.7 Å². The highest BCUT2D eigenvalue weighted by molar-refractivity contribution is 5.21. The monoisotopic (exact) mass is 285 g/mol. The van der Waals surface area contributed by atoms with Crippen molar-refractivity contribution >= 4 is 0 Å². The standard InChI is InChI=1S/C18H23NO2/c1-3-18(21-17-12-8-5-9-13-17)19(2)14-15-20-16-10-6-4-7-11-16/h4-13,18H,3,14-15H2,1-2H3. The highest BCUT2D eigenvalue weighted by atomic mass is 16.5. The van der Waals surface area contributed by atoms with Crippen LogP contribution in [-0.4, -0.2) is 31.3 Å². The quantitative estimate of drug-likeness (QED) is 0.688. The van der Waals surface area contributed by atoms with Crippen molar-refractivity contribution in [2.75, 3.05) is 20.2 Å². The second-order valence-electron chi connectivity index (χ2n) is 4.94. The lowest BCUT2D eigenvalue weighted by atomic mass is 10.3. The van der Waals surface area contributed by atoms with Crippen LogP contribution in [0.5, 0.6) is 11.5 Å². The van der Waals surface area contributed by atoms with Crippen LogP contribution in [0.4, 0.5) is 0 Å². The Morgan fingerprint density at radius 1 is 0.905 bits per heavy atom. The Hall–Kier alpha value is -2.00. The van der Waals surface area contributed by atoms with Crippen LogP contribution in [0.15, 0.2) is 60.7 Å². The highest BCUT2D eigenvalue weighted by Crippen LogP contribution is 2.14. The molecule has 0 radical (unpaired) electrons. The normalized spacial score (nSPS) is 12.1. The van der Waals surface area contributed by atoms with Crippen LogP contribution in [0.3, 0.4) is 0 Å². The van der Waals surface area contributed by atoms with E-state index in [4.69, 9.17) is 9.47 Å². The number of benzene rings is 2. The van der Waals surface area contributed by atoms with Crippen molar-refractivity contribution < 1.29 is 9.47 Å². The second-order valence-corrected chi connectivity index (χ2v) is 4.94. The number of hydrogen-bond acceptors (Lipinski definition) is 3. The minimum atomic E-state index is 0.0618. The summed E-state index contributed by atoms with van der Waals surface area (Å²) in [4.78, 5) is 2.18. The first-order chi connectivity index (χ1) is 10.3. The zero-order valence-corrected chi connectivity index (χ0v) is 12.7. The van der Waals surface area contributed by atoms with Crippen molar-refractivity contribution in [3.63, 3.8) is 0 Å². The summed E-state index contributed by atoms with van der Waals surface area (Å²) < 4.78 is 11.7. The molecule has 1 atom stereocenters. The fraction of sp³-hybridized carbons (Fsp3) is 0.333. The summed E-state index contributed by atoms with van der Waals surface area (Å²) in [5, 5.41) is 0. The first-order valence-electron chi connectivity index (χ1n) is 7.39. The number of hydrogen-bond donors (Lipinski definition) is 0. The lowest BCUT2D eigenvalue weighted by Crippen LogP contribution is -2.38. The van der Waals surface area contributed by atoms with Crippen molar-refractivity contribution in [2.45, 2.75) is 19.6 Å². The molecular formula is C18H23NO2. The van der Waals surface area contributed by atoms with Gasteiger partial charge in [-0.3, -0.25) is 4.90 Å². The molecule has 0 aromatic heterocycles. The van der Waals surface area contributed by atoms with Gasteiger partial charge >= 0.3 is 0 Å². The van der Waals surface area contributed by atoms with E-state index in [2.05, 4.69) is 18.9 Å². The Morgan fingerprint density at radius 3 is 2.05 bits per heavy atom. The molecule has 3 nitrogen and oxygen atoms in total. The van der Waals surface area contributed by atoms with Gasteiger partial charge in [0.25, 0.3) is 0 Å². The number of rotatable bonds is 8. The van der Waals surface area contributed by atoms with E-state index in [-0.39, 0.29) is 6.23 Å². The van der Waals surface area contributed by atoms with Crippen molar-refractivity contribution in [3.8, 4) is 11.5 Å². The average molecular weight is 285 g/mol. The second kappa shape index (κ2) is 8.32. The van der Waals surface area contributed by atoms with Gasteiger partial charge in [-0.2, -0.15) is 0 Å². The van der Waals surface area contributed by atoms with Gasteiger partial charge in [-0.15, -0.1) is 0 Å². The minimum absolute atomic E-state index is 0.0618. The molecule has 0 amide bonds. The van der Waals surface area contributed by atoms with E-state index < -0.39 is 0 Å². The van der Waals surface area contributed by atoms with Gasteiger partial charge in [0.15, 0.2) is 6.23 Å². The fourth-order valence-electron chi connectivity index (χ4n) is 2.11. The summed E-state index contributed by atoms with van der Waals surface area (Å²) in [5.74, 6) is 1.81. The van der Waals surface area contributed by atoms with Gasteiger partial charge < -0.3 is 9.47 Å². The Morgan fingerprint density at radius 2 is 1.48 bits per heavy atom. The number of ether oxygens (including phenoxy) is 2. The molecule has 0 heterocycles. The smallest absolute Gasteiger partial charge is 0.152 e. The molecule has 0 saturated heterocycles. The SMILES string of the molecule is CCC(Oc1ccccc1)N(C)CCOc1ccccc1. The van der Waals surface area contributed by atoms with Gasteiger partial charge in [-0.25, -0.2) is 0 Å². The van der Waals surface area contributed by atoms with E-state index in [1.54, 1.807) is 0 Å². The first kappa shape index (κ1) is 15.4. The molecule has 0 saturated carbocycles. The van der Waals surface area contributed by atoms with E-state index in [1.165, 1.54) is 0 Å². The van der Waals surface area contributed by atoms with Crippen LogP contribution in [0.2, 0.25) is 0 Å². The number of nitrogens with zero attached hydrogens (tertiary/aromatic N) is 1. The molecule has 0 fully saturated rings. The summed E-state index contributed by atoms with van der Waals surface area (Å²) >= 11 is 0. The summed E-state index contributed by atoms with van der Waals surface area (Å²) in [5.41, 5.74) is 0. The predicted molar refractivity (Wildman–Crippen MR) is 85.7 cm³/mol. The summed E-state index contributed by atoms with van der Waals surface area (Å²) in [6.07, 6.45) is 0.989. The van der Waals surface area contributed by atoms with Crippen molar-refractivity contribution in [1.29, 1.82) is 0 Å². The maximum Gasteiger partial charge on any atom is 0.152 e. The Balaban J connectivity index is 1.79. The first-order valence-corrected chi connectivity index (χ1v) is 7.39. The number of para-hydroxylation sites is 2. The van der Waals surface area contributed by atoms with Gasteiger partial charge in [-0.1, -0.05) is 43.3 Å². The summed E-state index contributed by atoms with van der Waals surface area (Å²) in [6, 6.07) is 19.8. The molecule has 0 aliphatic heterocycles. The van der Waals surface area contributed by atoms with Crippen molar-refractivity contribution in [3.05, 3.63) is 60.7 Å². The molecule has 0 N–H and O–H groups in total. The van der Waals surface area contributed by atoms with Crippen LogP contribution >= 0.6 is 0 Å². The van der Waals surface area contributed by atoms with Gasteiger partial charge in [0.05, 0.1) is 0 Å². The van der Waals surface area contributed by atoms with Gasteiger partial charge in [0.1, 0.15) is 18.1 Å². The molecule has 21 heavy (non-hydrogen) atoms. The van der Waals surface area contributed by atoms with Crippen LogP contribution < -0.4 is 9.47 Å². The van der Waals surface area contributed by atoms with Gasteiger partial charge in [-0.05, 0) is 37.7 Å². The van der Waals surface area contributed by atoms with E-state index in [0.717, 1.165) is 24.5 Å². The maximum atomic E-state index is 6.00. The van der Waals surface area contributed by atoms with Crippen molar-refractivity contribution in [1.82, 2.24) is 4.90 Å². The summed E-state index contributed by atoms with van der Waals surface area (Å²) in [7, 11) is 2.06. The van der Waals surface area contributed by atoms with Gasteiger partial charge in [0, 0.05) is 6.54 Å². The lowest BCUT2D eigenvalue weighted by Gasteiger charge is -2.27. The zero-order chi connectivity index (χ0) is 14.9.